The number of para-hydroxylation sites is 1. The van der Waals surface area contributed by atoms with E-state index in [2.05, 4.69) is 0 Å². The summed E-state index contributed by atoms with van der Waals surface area (Å²) in [5.41, 5.74) is 2.12. The minimum Gasteiger partial charge on any atom is -0.413 e. The van der Waals surface area contributed by atoms with Gasteiger partial charge in [0.15, 0.2) is 0 Å². The average molecular weight is 313 g/mol. The zero-order valence-corrected chi connectivity index (χ0v) is 12.9. The molecule has 0 saturated carbocycles. The summed E-state index contributed by atoms with van der Waals surface area (Å²) in [5, 5.41) is 3.49. The number of hydrogen-bond donors (Lipinski definition) is 0. The summed E-state index contributed by atoms with van der Waals surface area (Å²) < 4.78 is 3.21. The van der Waals surface area contributed by atoms with Crippen LogP contribution in [0.2, 0.25) is 5.02 Å². The lowest BCUT2D eigenvalue weighted by molar-refractivity contribution is 0.170. The van der Waals surface area contributed by atoms with E-state index in [9.17, 15) is 4.79 Å². The Kier molecular flexibility index (Phi) is 2.71. The van der Waals surface area contributed by atoms with E-state index in [0.29, 0.717) is 16.1 Å². The number of halogens is 1. The number of rotatable bonds is 1. The second kappa shape index (κ2) is 4.52. The molecule has 4 rings (SSSR count). The van der Waals surface area contributed by atoms with Gasteiger partial charge in [-0.3, -0.25) is 4.79 Å². The monoisotopic (exact) mass is 312 g/mol. The van der Waals surface area contributed by atoms with Crippen molar-refractivity contribution in [1.82, 2.24) is 9.30 Å². The molecule has 110 valence electrons. The van der Waals surface area contributed by atoms with Crippen LogP contribution in [0.1, 0.15) is 0 Å². The Morgan fingerprint density at radius 2 is 1.77 bits per heavy atom. The summed E-state index contributed by atoms with van der Waals surface area (Å²) in [6.07, 6.45) is 0. The fourth-order valence-electron chi connectivity index (χ4n) is 3.19. The highest BCUT2D eigenvalue weighted by atomic mass is 35.5. The summed E-state index contributed by atoms with van der Waals surface area (Å²) >= 11 is 6.10. The molecule has 5 heteroatoms. The zero-order chi connectivity index (χ0) is 15.4. The largest absolute Gasteiger partial charge is 0.413 e. The molecule has 0 atom stereocenters. The Labute approximate surface area is 131 Å². The highest BCUT2D eigenvalue weighted by Gasteiger charge is 2.18. The van der Waals surface area contributed by atoms with Gasteiger partial charge in [-0.05, 0) is 18.2 Å². The lowest BCUT2D eigenvalue weighted by Crippen LogP contribution is -2.26. The molecule has 0 bridgehead atoms. The van der Waals surface area contributed by atoms with E-state index < -0.39 is 0 Å². The third kappa shape index (κ3) is 1.56. The molecule has 4 aromatic rings. The quantitative estimate of drug-likeness (QED) is 0.540. The van der Waals surface area contributed by atoms with E-state index in [-0.39, 0.29) is 5.56 Å². The van der Waals surface area contributed by atoms with Crippen LogP contribution in [0, 0.1) is 0 Å². The number of nitrogens with zero attached hydrogens (tertiary/aromatic N) is 2. The molecule has 0 radical (unpaired) electrons. The van der Waals surface area contributed by atoms with Crippen LogP contribution in [0.15, 0.2) is 47.3 Å². The van der Waals surface area contributed by atoms with Crippen molar-refractivity contribution >= 4 is 44.3 Å². The van der Waals surface area contributed by atoms with E-state index in [1.165, 1.54) is 11.8 Å². The molecule has 2 heterocycles. The highest BCUT2D eigenvalue weighted by Crippen LogP contribution is 2.32. The Bertz CT molecular complexity index is 1110. The van der Waals surface area contributed by atoms with Gasteiger partial charge in [-0.1, -0.05) is 35.9 Å². The van der Waals surface area contributed by atoms with Gasteiger partial charge in [0.05, 0.1) is 5.52 Å². The zero-order valence-electron chi connectivity index (χ0n) is 12.1. The van der Waals surface area contributed by atoms with Crippen molar-refractivity contribution in [2.24, 2.45) is 7.05 Å². The molecular formula is C17H13ClN2O2. The fourth-order valence-corrected chi connectivity index (χ4v) is 3.35. The van der Waals surface area contributed by atoms with Gasteiger partial charge >= 0.3 is 5.56 Å². The molecule has 0 spiro atoms. The van der Waals surface area contributed by atoms with E-state index in [4.69, 9.17) is 16.4 Å². The number of hydrogen-bond acceptors (Lipinski definition) is 2. The predicted molar refractivity (Wildman–Crippen MR) is 89.7 cm³/mol. The number of pyridine rings is 1. The maximum atomic E-state index is 12.8. The van der Waals surface area contributed by atoms with E-state index >= 15 is 0 Å². The number of fused-ring (bicyclic) bond motifs is 5. The average Bonchev–Trinajstić information content (AvgIpc) is 2.82. The van der Waals surface area contributed by atoms with Gasteiger partial charge in [0, 0.05) is 33.7 Å². The van der Waals surface area contributed by atoms with Crippen LogP contribution in [-0.2, 0) is 7.05 Å². The van der Waals surface area contributed by atoms with Crippen LogP contribution in [0.5, 0.6) is 0 Å². The molecule has 2 aromatic carbocycles. The van der Waals surface area contributed by atoms with E-state index in [1.54, 1.807) is 6.07 Å². The minimum atomic E-state index is -0.189. The lowest BCUT2D eigenvalue weighted by Gasteiger charge is -2.10. The van der Waals surface area contributed by atoms with Crippen LogP contribution < -0.4 is 10.4 Å². The summed E-state index contributed by atoms with van der Waals surface area (Å²) in [7, 11) is 3.38. The maximum Gasteiger partial charge on any atom is 0.308 e. The smallest absolute Gasteiger partial charge is 0.308 e. The molecule has 0 amide bonds. The highest BCUT2D eigenvalue weighted by molar-refractivity contribution is 6.31. The Morgan fingerprint density at radius 1 is 1.05 bits per heavy atom. The maximum absolute atomic E-state index is 12.8. The van der Waals surface area contributed by atoms with Crippen LogP contribution in [0.4, 0.5) is 0 Å². The summed E-state index contributed by atoms with van der Waals surface area (Å²) in [5.74, 6) is 0. The molecular weight excluding hydrogens is 300 g/mol. The minimum absolute atomic E-state index is 0.189. The van der Waals surface area contributed by atoms with E-state index in [1.807, 2.05) is 48.0 Å². The molecule has 4 nitrogen and oxygen atoms in total. The van der Waals surface area contributed by atoms with Crippen LogP contribution >= 0.6 is 11.6 Å². The standard InChI is InChI=1S/C17H13ClN2O2/c1-19-13-6-4-3-5-11(13)15-12-8-7-10(18)9-14(12)20(22-2)17(21)16(15)19/h3-9H,1-2H3. The van der Waals surface area contributed by atoms with Gasteiger partial charge in [-0.25, -0.2) is 0 Å². The third-order valence-electron chi connectivity index (χ3n) is 4.12. The van der Waals surface area contributed by atoms with Gasteiger partial charge in [0.1, 0.15) is 12.6 Å². The SMILES string of the molecule is COn1c(=O)c2c(c3ccc(Cl)cc31)c1ccccc1n2C. The molecule has 0 aliphatic carbocycles. The molecule has 0 fully saturated rings. The molecule has 0 unspecified atom stereocenters. The Balaban J connectivity index is 2.44. The Morgan fingerprint density at radius 3 is 2.55 bits per heavy atom. The van der Waals surface area contributed by atoms with Crippen molar-refractivity contribution in [3.8, 4) is 0 Å². The van der Waals surface area contributed by atoms with E-state index in [0.717, 1.165) is 21.7 Å². The van der Waals surface area contributed by atoms with Crippen molar-refractivity contribution in [3.63, 3.8) is 0 Å². The van der Waals surface area contributed by atoms with Crippen molar-refractivity contribution in [2.75, 3.05) is 7.11 Å². The molecule has 2 aromatic heterocycles. The predicted octanol–water partition coefficient (Wildman–Crippen LogP) is 3.36. The first-order valence-corrected chi connectivity index (χ1v) is 7.27. The normalized spacial score (nSPS) is 11.6. The van der Waals surface area contributed by atoms with Gasteiger partial charge in [0.2, 0.25) is 0 Å². The fraction of sp³-hybridized carbons (Fsp3) is 0.118. The van der Waals surface area contributed by atoms with Crippen molar-refractivity contribution in [1.29, 1.82) is 0 Å². The second-order valence-corrected chi connectivity index (χ2v) is 5.68. The van der Waals surface area contributed by atoms with Crippen LogP contribution in [0.25, 0.3) is 32.7 Å². The first kappa shape index (κ1) is 13.2. The Hall–Kier alpha value is -2.46. The second-order valence-electron chi connectivity index (χ2n) is 5.24. The summed E-state index contributed by atoms with van der Waals surface area (Å²) in [6, 6.07) is 13.5. The summed E-state index contributed by atoms with van der Waals surface area (Å²) in [4.78, 5) is 18.2. The van der Waals surface area contributed by atoms with Gasteiger partial charge in [-0.15, -0.1) is 4.73 Å². The van der Waals surface area contributed by atoms with Gasteiger partial charge < -0.3 is 9.40 Å². The van der Waals surface area contributed by atoms with Crippen molar-refractivity contribution in [3.05, 3.63) is 57.8 Å². The topological polar surface area (TPSA) is 36.2 Å². The number of benzene rings is 2. The third-order valence-corrected chi connectivity index (χ3v) is 4.36. The van der Waals surface area contributed by atoms with Gasteiger partial charge in [-0.2, -0.15) is 0 Å². The van der Waals surface area contributed by atoms with Crippen LogP contribution in [0.3, 0.4) is 0 Å². The summed E-state index contributed by atoms with van der Waals surface area (Å²) in [6.45, 7) is 0. The van der Waals surface area contributed by atoms with Gasteiger partial charge in [0.25, 0.3) is 0 Å². The first-order valence-electron chi connectivity index (χ1n) is 6.89. The molecule has 0 aliphatic rings. The number of aromatic nitrogens is 2. The molecule has 0 saturated heterocycles. The van der Waals surface area contributed by atoms with Crippen LogP contribution in [-0.4, -0.2) is 16.4 Å². The van der Waals surface area contributed by atoms with Crippen molar-refractivity contribution < 1.29 is 4.84 Å². The van der Waals surface area contributed by atoms with Crippen molar-refractivity contribution in [2.45, 2.75) is 0 Å². The first-order chi connectivity index (χ1) is 10.6. The molecule has 0 aliphatic heterocycles. The molecule has 0 N–H and O–H groups in total. The number of aryl methyl sites for hydroxylation is 1. The molecule has 22 heavy (non-hydrogen) atoms. The lowest BCUT2D eigenvalue weighted by atomic mass is 10.1.